The third-order valence-electron chi connectivity index (χ3n) is 2.43. The second-order valence-corrected chi connectivity index (χ2v) is 6.48. The minimum atomic E-state index is -4.15. The first-order valence-electron chi connectivity index (χ1n) is 5.47. The SMILES string of the molecule is O=C(O)c1ccc(NS(=O)(=O)c2ccc(Br)cc2F)nc1. The van der Waals surface area contributed by atoms with Gasteiger partial charge in [-0.2, -0.15) is 0 Å². The Morgan fingerprint density at radius 3 is 2.52 bits per heavy atom. The molecule has 21 heavy (non-hydrogen) atoms. The molecule has 110 valence electrons. The maximum Gasteiger partial charge on any atom is 0.337 e. The lowest BCUT2D eigenvalue weighted by atomic mass is 10.3. The number of sulfonamides is 1. The molecule has 0 atom stereocenters. The van der Waals surface area contributed by atoms with E-state index in [9.17, 15) is 17.6 Å². The summed E-state index contributed by atoms with van der Waals surface area (Å²) < 4.78 is 40.2. The van der Waals surface area contributed by atoms with Crippen molar-refractivity contribution in [2.24, 2.45) is 0 Å². The highest BCUT2D eigenvalue weighted by atomic mass is 79.9. The number of nitrogens with zero attached hydrogens (tertiary/aromatic N) is 1. The number of carboxylic acids is 1. The van der Waals surface area contributed by atoms with E-state index in [0.29, 0.717) is 4.47 Å². The molecule has 9 heteroatoms. The summed E-state index contributed by atoms with van der Waals surface area (Å²) in [6, 6.07) is 5.88. The highest BCUT2D eigenvalue weighted by molar-refractivity contribution is 9.10. The van der Waals surface area contributed by atoms with E-state index >= 15 is 0 Å². The van der Waals surface area contributed by atoms with Gasteiger partial charge in [-0.05, 0) is 30.3 Å². The number of aromatic nitrogens is 1. The fraction of sp³-hybridized carbons (Fsp3) is 0. The zero-order chi connectivity index (χ0) is 15.6. The van der Waals surface area contributed by atoms with Crippen molar-refractivity contribution in [2.75, 3.05) is 4.72 Å². The molecule has 0 bridgehead atoms. The number of halogens is 2. The monoisotopic (exact) mass is 374 g/mol. The van der Waals surface area contributed by atoms with Gasteiger partial charge in [0.05, 0.1) is 5.56 Å². The van der Waals surface area contributed by atoms with Crippen LogP contribution in [0.3, 0.4) is 0 Å². The van der Waals surface area contributed by atoms with Gasteiger partial charge in [0.15, 0.2) is 0 Å². The minimum absolute atomic E-state index is 0.0900. The Hall–Kier alpha value is -2.00. The first-order chi connectivity index (χ1) is 9.79. The summed E-state index contributed by atoms with van der Waals surface area (Å²) in [6.45, 7) is 0. The molecule has 6 nitrogen and oxygen atoms in total. The molecule has 0 aliphatic rings. The van der Waals surface area contributed by atoms with Crippen molar-refractivity contribution in [1.29, 1.82) is 0 Å². The fourth-order valence-electron chi connectivity index (χ4n) is 1.47. The first-order valence-corrected chi connectivity index (χ1v) is 7.74. The smallest absolute Gasteiger partial charge is 0.337 e. The van der Waals surface area contributed by atoms with E-state index < -0.39 is 26.7 Å². The predicted octanol–water partition coefficient (Wildman–Crippen LogP) is 2.48. The predicted molar refractivity (Wildman–Crippen MR) is 76.1 cm³/mol. The Balaban J connectivity index is 2.30. The van der Waals surface area contributed by atoms with Crippen molar-refractivity contribution in [3.8, 4) is 0 Å². The second-order valence-electron chi connectivity index (χ2n) is 3.92. The van der Waals surface area contributed by atoms with Gasteiger partial charge in [0.1, 0.15) is 16.5 Å². The summed E-state index contributed by atoms with van der Waals surface area (Å²) >= 11 is 3.03. The van der Waals surface area contributed by atoms with Crippen molar-refractivity contribution in [3.63, 3.8) is 0 Å². The summed E-state index contributed by atoms with van der Waals surface area (Å²) in [5.74, 6) is -2.21. The largest absolute Gasteiger partial charge is 0.478 e. The molecular formula is C12H8BrFN2O4S. The fourth-order valence-corrected chi connectivity index (χ4v) is 2.87. The number of hydrogen-bond donors (Lipinski definition) is 2. The average Bonchev–Trinajstić information content (AvgIpc) is 2.38. The van der Waals surface area contributed by atoms with Crippen LogP contribution in [0.4, 0.5) is 10.2 Å². The molecule has 0 amide bonds. The molecule has 2 rings (SSSR count). The Labute approximate surface area is 127 Å². The second kappa shape index (κ2) is 5.78. The highest BCUT2D eigenvalue weighted by Gasteiger charge is 2.20. The number of rotatable bonds is 4. The molecule has 0 fully saturated rings. The zero-order valence-corrected chi connectivity index (χ0v) is 12.6. The molecule has 0 spiro atoms. The van der Waals surface area contributed by atoms with Crippen LogP contribution in [-0.2, 0) is 10.0 Å². The third kappa shape index (κ3) is 3.56. The lowest BCUT2D eigenvalue weighted by Gasteiger charge is -2.08. The van der Waals surface area contributed by atoms with Gasteiger partial charge in [-0.25, -0.2) is 22.6 Å². The van der Waals surface area contributed by atoms with E-state index in [-0.39, 0.29) is 11.4 Å². The molecule has 1 aromatic carbocycles. The van der Waals surface area contributed by atoms with E-state index in [0.717, 1.165) is 18.3 Å². The Kier molecular flexibility index (Phi) is 4.24. The van der Waals surface area contributed by atoms with Gasteiger partial charge in [0.2, 0.25) is 0 Å². The number of benzene rings is 1. The summed E-state index contributed by atoms with van der Waals surface area (Å²) in [4.78, 5) is 13.8. The Morgan fingerprint density at radius 1 is 1.29 bits per heavy atom. The number of nitrogens with one attached hydrogen (secondary N) is 1. The molecular weight excluding hydrogens is 367 g/mol. The van der Waals surface area contributed by atoms with Gasteiger partial charge in [-0.15, -0.1) is 0 Å². The summed E-state index contributed by atoms with van der Waals surface area (Å²) in [7, 11) is -4.15. The summed E-state index contributed by atoms with van der Waals surface area (Å²) in [6.07, 6.45) is 0.998. The van der Waals surface area contributed by atoms with Crippen molar-refractivity contribution in [2.45, 2.75) is 4.90 Å². The lowest BCUT2D eigenvalue weighted by Crippen LogP contribution is -2.15. The van der Waals surface area contributed by atoms with Crippen LogP contribution in [0, 0.1) is 5.82 Å². The maximum atomic E-state index is 13.7. The quantitative estimate of drug-likeness (QED) is 0.856. The van der Waals surface area contributed by atoms with Crippen LogP contribution in [0.1, 0.15) is 10.4 Å². The number of aromatic carboxylic acids is 1. The molecule has 1 aromatic heterocycles. The molecule has 2 N–H and O–H groups in total. The maximum absolute atomic E-state index is 13.7. The Morgan fingerprint density at radius 2 is 2.00 bits per heavy atom. The lowest BCUT2D eigenvalue weighted by molar-refractivity contribution is 0.0696. The van der Waals surface area contributed by atoms with Crippen molar-refractivity contribution in [3.05, 3.63) is 52.4 Å². The van der Waals surface area contributed by atoms with Gasteiger partial charge >= 0.3 is 5.97 Å². The van der Waals surface area contributed by atoms with E-state index in [2.05, 4.69) is 25.6 Å². The molecule has 1 heterocycles. The van der Waals surface area contributed by atoms with Gasteiger partial charge in [0.25, 0.3) is 10.0 Å². The number of hydrogen-bond acceptors (Lipinski definition) is 4. The molecule has 0 saturated carbocycles. The number of pyridine rings is 1. The van der Waals surface area contributed by atoms with E-state index in [1.807, 2.05) is 0 Å². The topological polar surface area (TPSA) is 96.4 Å². The average molecular weight is 375 g/mol. The van der Waals surface area contributed by atoms with Gasteiger partial charge in [0, 0.05) is 10.7 Å². The molecule has 2 aromatic rings. The molecule has 0 aliphatic carbocycles. The van der Waals surface area contributed by atoms with Crippen LogP contribution >= 0.6 is 15.9 Å². The van der Waals surface area contributed by atoms with Crippen molar-refractivity contribution < 1.29 is 22.7 Å². The summed E-state index contributed by atoms with van der Waals surface area (Å²) in [5.41, 5.74) is -0.0900. The van der Waals surface area contributed by atoms with E-state index in [4.69, 9.17) is 5.11 Å². The first kappa shape index (κ1) is 15.4. The number of carbonyl (C=O) groups is 1. The van der Waals surface area contributed by atoms with Crippen LogP contribution in [0.15, 0.2) is 45.9 Å². The summed E-state index contributed by atoms with van der Waals surface area (Å²) in [5, 5.41) is 8.72. The molecule has 0 saturated heterocycles. The number of anilines is 1. The standard InChI is InChI=1S/C12H8BrFN2O4S/c13-8-2-3-10(9(14)5-8)21(19,20)16-11-4-1-7(6-15-11)12(17)18/h1-6H,(H,15,16)(H,17,18). The zero-order valence-electron chi connectivity index (χ0n) is 10.2. The van der Waals surface area contributed by atoms with Gasteiger partial charge in [-0.3, -0.25) is 4.72 Å². The van der Waals surface area contributed by atoms with Crippen molar-refractivity contribution in [1.82, 2.24) is 4.98 Å². The van der Waals surface area contributed by atoms with Crippen molar-refractivity contribution >= 4 is 37.7 Å². The minimum Gasteiger partial charge on any atom is -0.478 e. The molecule has 0 unspecified atom stereocenters. The van der Waals surface area contributed by atoms with E-state index in [1.54, 1.807) is 0 Å². The highest BCUT2D eigenvalue weighted by Crippen LogP contribution is 2.21. The van der Waals surface area contributed by atoms with Crippen LogP contribution in [0.2, 0.25) is 0 Å². The van der Waals surface area contributed by atoms with Crippen LogP contribution in [0.5, 0.6) is 0 Å². The van der Waals surface area contributed by atoms with Gasteiger partial charge < -0.3 is 5.11 Å². The third-order valence-corrected chi connectivity index (χ3v) is 4.31. The number of carboxylic acid groups (broad SMARTS) is 1. The normalized spacial score (nSPS) is 11.1. The van der Waals surface area contributed by atoms with Crippen LogP contribution in [-0.4, -0.2) is 24.5 Å². The molecule has 0 radical (unpaired) electrons. The molecule has 0 aliphatic heterocycles. The van der Waals surface area contributed by atoms with Crippen LogP contribution < -0.4 is 4.72 Å². The van der Waals surface area contributed by atoms with Crippen LogP contribution in [0.25, 0.3) is 0 Å². The Bertz CT molecular complexity index is 793. The van der Waals surface area contributed by atoms with Gasteiger partial charge in [-0.1, -0.05) is 15.9 Å². The van der Waals surface area contributed by atoms with E-state index in [1.165, 1.54) is 18.2 Å².